The number of nitrogens with one attached hydrogen (secondary N) is 1. The minimum absolute atomic E-state index is 0.0794. The fraction of sp³-hybridized carbons (Fsp3) is 0.0167. The number of fused-ring (bicyclic) bond motifs is 13. The van der Waals surface area contributed by atoms with Crippen molar-refractivity contribution in [1.29, 1.82) is 0 Å². The summed E-state index contributed by atoms with van der Waals surface area (Å²) in [7, 11) is 0. The highest BCUT2D eigenvalue weighted by Gasteiger charge is 2.32. The molecular formula is C60H38N4S. The van der Waals surface area contributed by atoms with Gasteiger partial charge in [0.15, 0.2) is 0 Å². The molecule has 4 nitrogen and oxygen atoms in total. The number of hydrogen-bond donors (Lipinski definition) is 1. The van der Waals surface area contributed by atoms with Crippen LogP contribution in [0.2, 0.25) is 0 Å². The molecule has 1 atom stereocenters. The van der Waals surface area contributed by atoms with Crippen LogP contribution in [0, 0.1) is 0 Å². The number of hydrogen-bond acceptors (Lipinski definition) is 3. The monoisotopic (exact) mass is 846 g/mol. The van der Waals surface area contributed by atoms with Crippen molar-refractivity contribution in [2.45, 2.75) is 6.04 Å². The van der Waals surface area contributed by atoms with Crippen molar-refractivity contribution in [3.8, 4) is 27.3 Å². The fourth-order valence-electron chi connectivity index (χ4n) is 10.7. The molecule has 0 saturated heterocycles. The van der Waals surface area contributed by atoms with Crippen LogP contribution >= 0.6 is 11.3 Å². The van der Waals surface area contributed by atoms with E-state index in [0.717, 1.165) is 33.9 Å². The molecule has 0 radical (unpaired) electrons. The van der Waals surface area contributed by atoms with Crippen molar-refractivity contribution in [2.75, 3.05) is 0 Å². The Balaban J connectivity index is 1.03. The maximum atomic E-state index is 5.67. The van der Waals surface area contributed by atoms with Gasteiger partial charge in [-0.05, 0) is 81.2 Å². The molecule has 5 heteroatoms. The molecule has 3 aromatic heterocycles. The quantitative estimate of drug-likeness (QED) is 0.188. The van der Waals surface area contributed by atoms with Crippen molar-refractivity contribution >= 4 is 99.8 Å². The molecule has 1 aliphatic carbocycles. The van der Waals surface area contributed by atoms with Crippen LogP contribution in [0.3, 0.4) is 0 Å². The maximum absolute atomic E-state index is 5.67. The number of para-hydroxylation sites is 2. The molecule has 1 unspecified atom stereocenters. The summed E-state index contributed by atoms with van der Waals surface area (Å²) < 4.78 is 4.82. The summed E-state index contributed by atoms with van der Waals surface area (Å²) in [6, 6.07) is 75.0. The Morgan fingerprint density at radius 1 is 0.462 bits per heavy atom. The zero-order chi connectivity index (χ0) is 42.6. The molecule has 1 N–H and O–H groups in total. The van der Waals surface area contributed by atoms with Crippen LogP contribution in [0.5, 0.6) is 0 Å². The van der Waals surface area contributed by atoms with Crippen LogP contribution in [0.15, 0.2) is 217 Å². The Bertz CT molecular complexity index is 4020. The second-order valence-corrected chi connectivity index (χ2v) is 18.2. The third kappa shape index (κ3) is 5.46. The van der Waals surface area contributed by atoms with E-state index in [1.807, 2.05) is 11.3 Å². The maximum Gasteiger partial charge on any atom is 0.209 e. The van der Waals surface area contributed by atoms with E-state index in [-0.39, 0.29) is 6.04 Å². The van der Waals surface area contributed by atoms with Crippen molar-refractivity contribution in [3.05, 3.63) is 228 Å². The Hall–Kier alpha value is -8.25. The minimum Gasteiger partial charge on any atom is -0.345 e. The second kappa shape index (κ2) is 14.1. The lowest BCUT2D eigenvalue weighted by Gasteiger charge is -2.31. The molecule has 2 aliphatic rings. The van der Waals surface area contributed by atoms with E-state index in [1.165, 1.54) is 91.7 Å². The number of aliphatic imine (C=N–C) groups is 1. The summed E-state index contributed by atoms with van der Waals surface area (Å²) in [5.41, 5.74) is 13.9. The molecule has 4 heterocycles. The molecule has 12 aromatic rings. The van der Waals surface area contributed by atoms with Gasteiger partial charge in [-0.2, -0.15) is 0 Å². The van der Waals surface area contributed by atoms with E-state index < -0.39 is 0 Å². The van der Waals surface area contributed by atoms with E-state index in [1.54, 1.807) is 0 Å². The van der Waals surface area contributed by atoms with Crippen molar-refractivity contribution in [1.82, 2.24) is 14.5 Å². The Morgan fingerprint density at radius 2 is 1.08 bits per heavy atom. The zero-order valence-corrected chi connectivity index (χ0v) is 35.9. The Morgan fingerprint density at radius 3 is 1.82 bits per heavy atom. The van der Waals surface area contributed by atoms with Gasteiger partial charge in [0.25, 0.3) is 0 Å². The van der Waals surface area contributed by atoms with Gasteiger partial charge in [0.1, 0.15) is 0 Å². The highest BCUT2D eigenvalue weighted by Crippen LogP contribution is 2.46. The van der Waals surface area contributed by atoms with Crippen molar-refractivity contribution < 1.29 is 0 Å². The molecule has 0 bridgehead atoms. The van der Waals surface area contributed by atoms with E-state index >= 15 is 0 Å². The van der Waals surface area contributed by atoms with Crippen molar-refractivity contribution in [2.24, 2.45) is 4.99 Å². The first kappa shape index (κ1) is 36.3. The molecule has 0 fully saturated rings. The largest absolute Gasteiger partial charge is 0.345 e. The van der Waals surface area contributed by atoms with Gasteiger partial charge in [-0.25, -0.2) is 4.99 Å². The molecule has 0 saturated carbocycles. The summed E-state index contributed by atoms with van der Waals surface area (Å²) in [4.78, 5) is 8.19. The first-order valence-corrected chi connectivity index (χ1v) is 23.1. The van der Waals surface area contributed by atoms with Crippen LogP contribution in [0.4, 0.5) is 0 Å². The van der Waals surface area contributed by atoms with Crippen LogP contribution in [0.25, 0.3) is 110 Å². The molecular weight excluding hydrogens is 809 g/mol. The van der Waals surface area contributed by atoms with E-state index in [9.17, 15) is 0 Å². The molecule has 304 valence electrons. The predicted molar refractivity (Wildman–Crippen MR) is 276 cm³/mol. The number of benzene rings is 9. The van der Waals surface area contributed by atoms with E-state index in [4.69, 9.17) is 4.99 Å². The number of thiophene rings is 1. The smallest absolute Gasteiger partial charge is 0.209 e. The fourth-order valence-corrected chi connectivity index (χ4v) is 11.8. The average molecular weight is 847 g/mol. The highest BCUT2D eigenvalue weighted by molar-refractivity contribution is 7.16. The lowest BCUT2D eigenvalue weighted by molar-refractivity contribution is 0.854. The van der Waals surface area contributed by atoms with Gasteiger partial charge >= 0.3 is 0 Å². The van der Waals surface area contributed by atoms with Crippen LogP contribution < -0.4 is 5.32 Å². The van der Waals surface area contributed by atoms with Crippen LogP contribution in [0.1, 0.15) is 16.0 Å². The van der Waals surface area contributed by atoms with Gasteiger partial charge in [0.2, 0.25) is 5.96 Å². The first-order chi connectivity index (χ1) is 32.2. The second-order valence-electron chi connectivity index (χ2n) is 17.1. The molecule has 65 heavy (non-hydrogen) atoms. The summed E-state index contributed by atoms with van der Waals surface area (Å²) in [6.45, 7) is 0. The van der Waals surface area contributed by atoms with Gasteiger partial charge in [-0.3, -0.25) is 4.57 Å². The molecule has 14 rings (SSSR count). The zero-order valence-electron chi connectivity index (χ0n) is 35.1. The molecule has 9 aromatic carbocycles. The van der Waals surface area contributed by atoms with Gasteiger partial charge < -0.3 is 9.88 Å². The number of nitrogens with zero attached hydrogens (tertiary/aromatic N) is 3. The van der Waals surface area contributed by atoms with Crippen LogP contribution in [-0.4, -0.2) is 21.1 Å². The van der Waals surface area contributed by atoms with Gasteiger partial charge in [-0.15, -0.1) is 11.3 Å². The summed E-state index contributed by atoms with van der Waals surface area (Å²) in [5, 5.41) is 13.8. The minimum atomic E-state index is -0.0794. The molecule has 0 spiro atoms. The standard InChI is InChI=1S/C60H38N4S/c1-4-17-39(18-5-1)54-36-48-53(65-54)34-30-49-57(48)58(40-19-6-2-7-20-40)62-60(61-49)64-50-31-29-41(35-47(50)56-44-24-13-11-16-38(44)28-33-52(56)64)45-25-14-26-46-55-43-23-12-10-15-37(43)27-32-51(55)63(59(45)46)42-21-8-3-9-22-42/h1-36,49H,(H,61,62). The predicted octanol–water partition coefficient (Wildman–Crippen LogP) is 15.4. The first-order valence-electron chi connectivity index (χ1n) is 22.2. The normalized spacial score (nSPS) is 14.7. The topological polar surface area (TPSA) is 34.2 Å². The summed E-state index contributed by atoms with van der Waals surface area (Å²) in [6.07, 6.45) is 4.61. The lowest BCUT2D eigenvalue weighted by Crippen LogP contribution is -2.42. The lowest BCUT2D eigenvalue weighted by atomic mass is 9.88. The van der Waals surface area contributed by atoms with Crippen molar-refractivity contribution in [3.63, 3.8) is 0 Å². The SMILES string of the molecule is C1=CC2NC(n3c4ccc(-c5cccc6c7c8ccccc8ccc7n(-c7ccccc7)c56)cc4c4c5ccccc5ccc43)=NC(c3ccccc3)=C2c2cc(-c3ccccc3)sc21. The van der Waals surface area contributed by atoms with Gasteiger partial charge in [0, 0.05) is 59.3 Å². The Labute approximate surface area is 379 Å². The van der Waals surface area contributed by atoms with Crippen LogP contribution in [-0.2, 0) is 0 Å². The highest BCUT2D eigenvalue weighted by atomic mass is 32.1. The number of aromatic nitrogens is 2. The summed E-state index contributed by atoms with van der Waals surface area (Å²) >= 11 is 1.84. The molecule has 0 amide bonds. The van der Waals surface area contributed by atoms with Gasteiger partial charge in [0.05, 0.1) is 33.8 Å². The third-order valence-electron chi connectivity index (χ3n) is 13.5. The molecule has 1 aliphatic heterocycles. The van der Waals surface area contributed by atoms with Gasteiger partial charge in [-0.1, -0.05) is 170 Å². The third-order valence-corrected chi connectivity index (χ3v) is 14.7. The van der Waals surface area contributed by atoms with E-state index in [0.29, 0.717) is 0 Å². The van der Waals surface area contributed by atoms with E-state index in [2.05, 4.69) is 233 Å². The summed E-state index contributed by atoms with van der Waals surface area (Å²) in [5.74, 6) is 0.811. The average Bonchev–Trinajstić information content (AvgIpc) is 4.07. The Kier molecular flexibility index (Phi) is 7.88. The number of rotatable bonds is 4.